The van der Waals surface area contributed by atoms with Crippen molar-refractivity contribution in [2.75, 3.05) is 16.4 Å². The van der Waals surface area contributed by atoms with Crippen LogP contribution in [-0.2, 0) is 0 Å². The summed E-state index contributed by atoms with van der Waals surface area (Å²) < 4.78 is 0. The molecule has 0 aliphatic heterocycles. The molecule has 146 valence electrons. The van der Waals surface area contributed by atoms with Crippen molar-refractivity contribution in [3.63, 3.8) is 0 Å². The van der Waals surface area contributed by atoms with Gasteiger partial charge in [-0.05, 0) is 44.2 Å². The largest absolute Gasteiger partial charge is 0.399 e. The Bertz CT molecular complexity index is 1030. The van der Waals surface area contributed by atoms with Crippen molar-refractivity contribution in [1.82, 2.24) is 9.97 Å². The van der Waals surface area contributed by atoms with E-state index in [9.17, 15) is 0 Å². The van der Waals surface area contributed by atoms with Crippen molar-refractivity contribution in [2.24, 2.45) is 0 Å². The molecular weight excluding hydrogens is 358 g/mol. The van der Waals surface area contributed by atoms with Crippen LogP contribution in [0, 0.1) is 13.8 Å². The Morgan fingerprint density at radius 1 is 0.621 bits per heavy atom. The van der Waals surface area contributed by atoms with Gasteiger partial charge in [0, 0.05) is 23.1 Å². The van der Waals surface area contributed by atoms with E-state index in [0.29, 0.717) is 11.5 Å². The summed E-state index contributed by atoms with van der Waals surface area (Å²) >= 11 is 0. The van der Waals surface area contributed by atoms with Crippen molar-refractivity contribution in [1.29, 1.82) is 0 Å². The number of benzene rings is 3. The summed E-state index contributed by atoms with van der Waals surface area (Å²) in [6, 6.07) is 27.8. The fourth-order valence-electron chi connectivity index (χ4n) is 2.58. The third kappa shape index (κ3) is 6.66. The van der Waals surface area contributed by atoms with E-state index in [0.717, 1.165) is 17.2 Å². The van der Waals surface area contributed by atoms with Crippen molar-refractivity contribution < 1.29 is 0 Å². The van der Waals surface area contributed by atoms with E-state index in [4.69, 9.17) is 5.73 Å². The minimum Gasteiger partial charge on any atom is -0.399 e. The van der Waals surface area contributed by atoms with E-state index in [1.54, 1.807) is 0 Å². The van der Waals surface area contributed by atoms with Gasteiger partial charge in [0.25, 0.3) is 0 Å². The molecule has 0 saturated carbocycles. The maximum atomic E-state index is 5.77. The molecule has 29 heavy (non-hydrogen) atoms. The minimum absolute atomic E-state index is 0.704. The quantitative estimate of drug-likeness (QED) is 0.385. The van der Waals surface area contributed by atoms with Gasteiger partial charge in [-0.15, -0.1) is 0 Å². The van der Waals surface area contributed by atoms with E-state index in [-0.39, 0.29) is 0 Å². The van der Waals surface area contributed by atoms with Gasteiger partial charge in [0.05, 0.1) is 0 Å². The van der Waals surface area contributed by atoms with Crippen molar-refractivity contribution in [3.05, 3.63) is 102 Å². The third-order valence-electron chi connectivity index (χ3n) is 4.09. The van der Waals surface area contributed by atoms with Gasteiger partial charge in [-0.25, -0.2) is 9.97 Å². The Balaban J connectivity index is 0.000000290. The lowest BCUT2D eigenvalue weighted by Crippen LogP contribution is -1.98. The predicted octanol–water partition coefficient (Wildman–Crippen LogP) is 5.85. The van der Waals surface area contributed by atoms with Crippen molar-refractivity contribution in [2.45, 2.75) is 13.8 Å². The lowest BCUT2D eigenvalue weighted by Gasteiger charge is -2.09. The summed E-state index contributed by atoms with van der Waals surface area (Å²) in [4.78, 5) is 8.45. The fourth-order valence-corrected chi connectivity index (χ4v) is 2.58. The molecule has 1 aromatic heterocycles. The second-order valence-electron chi connectivity index (χ2n) is 6.68. The molecular formula is C24H25N5. The summed E-state index contributed by atoms with van der Waals surface area (Å²) in [6.07, 6.45) is 1.52. The number of aryl methyl sites for hydroxylation is 2. The number of anilines is 5. The van der Waals surface area contributed by atoms with E-state index in [1.165, 1.54) is 17.5 Å². The molecule has 0 radical (unpaired) electrons. The average molecular weight is 383 g/mol. The van der Waals surface area contributed by atoms with Crippen LogP contribution in [0.15, 0.2) is 91.3 Å². The van der Waals surface area contributed by atoms with Crippen LogP contribution in [0.5, 0.6) is 0 Å². The van der Waals surface area contributed by atoms with Crippen LogP contribution in [-0.4, -0.2) is 9.97 Å². The third-order valence-corrected chi connectivity index (χ3v) is 4.09. The molecule has 0 amide bonds. The molecule has 4 rings (SSSR count). The number of aromatic nitrogens is 2. The van der Waals surface area contributed by atoms with Gasteiger partial charge in [0.2, 0.25) is 0 Å². The SMILES string of the molecule is Cc1ccc(Nc2cc(Nc3cccc(N)c3)ncn2)cc1.Cc1ccccc1. The van der Waals surface area contributed by atoms with Crippen LogP contribution in [0.2, 0.25) is 0 Å². The Kier molecular flexibility index (Phi) is 6.79. The molecule has 3 aromatic carbocycles. The normalized spacial score (nSPS) is 9.86. The first-order valence-corrected chi connectivity index (χ1v) is 9.38. The van der Waals surface area contributed by atoms with Crippen LogP contribution in [0.3, 0.4) is 0 Å². The van der Waals surface area contributed by atoms with Crippen LogP contribution in [0.25, 0.3) is 0 Å². The molecule has 0 unspecified atom stereocenters. The van der Waals surface area contributed by atoms with E-state index in [1.807, 2.05) is 60.7 Å². The number of nitrogens with zero attached hydrogens (tertiary/aromatic N) is 2. The summed E-state index contributed by atoms with van der Waals surface area (Å²) in [5.41, 5.74) is 10.9. The molecule has 0 bridgehead atoms. The Labute approximate surface area is 171 Å². The first-order valence-electron chi connectivity index (χ1n) is 9.38. The fraction of sp³-hybridized carbons (Fsp3) is 0.0833. The number of hydrogen-bond donors (Lipinski definition) is 3. The van der Waals surface area contributed by atoms with Gasteiger partial charge in [0.15, 0.2) is 0 Å². The van der Waals surface area contributed by atoms with Gasteiger partial charge in [0.1, 0.15) is 18.0 Å². The summed E-state index contributed by atoms with van der Waals surface area (Å²) in [5.74, 6) is 1.43. The maximum Gasteiger partial charge on any atom is 0.135 e. The summed E-state index contributed by atoms with van der Waals surface area (Å²) in [7, 11) is 0. The van der Waals surface area contributed by atoms with Gasteiger partial charge in [-0.1, -0.05) is 59.7 Å². The number of nitrogen functional groups attached to an aromatic ring is 1. The summed E-state index contributed by atoms with van der Waals surface area (Å²) in [5, 5.41) is 6.46. The lowest BCUT2D eigenvalue weighted by molar-refractivity contribution is 1.17. The van der Waals surface area contributed by atoms with Gasteiger partial charge in [-0.2, -0.15) is 0 Å². The highest BCUT2D eigenvalue weighted by Crippen LogP contribution is 2.20. The number of rotatable bonds is 4. The number of nitrogens with one attached hydrogen (secondary N) is 2. The molecule has 0 saturated heterocycles. The molecule has 5 heteroatoms. The molecule has 0 fully saturated rings. The molecule has 4 aromatic rings. The van der Waals surface area contributed by atoms with E-state index in [2.05, 4.69) is 58.7 Å². The maximum absolute atomic E-state index is 5.77. The summed E-state index contributed by atoms with van der Waals surface area (Å²) in [6.45, 7) is 4.14. The Hall–Kier alpha value is -3.86. The standard InChI is InChI=1S/C17H17N5.C7H8/c1-12-5-7-14(8-6-12)21-16-10-17(20-11-19-16)22-15-4-2-3-13(18)9-15;1-7-5-3-2-4-6-7/h2-11H,18H2,1H3,(H2,19,20,21,22);2-6H,1H3. The van der Waals surface area contributed by atoms with Gasteiger partial charge < -0.3 is 16.4 Å². The molecule has 0 spiro atoms. The molecule has 0 aliphatic carbocycles. The van der Waals surface area contributed by atoms with Crippen LogP contribution >= 0.6 is 0 Å². The molecule has 4 N–H and O–H groups in total. The van der Waals surface area contributed by atoms with Gasteiger partial charge >= 0.3 is 0 Å². The van der Waals surface area contributed by atoms with E-state index >= 15 is 0 Å². The highest BCUT2D eigenvalue weighted by Gasteiger charge is 2.01. The highest BCUT2D eigenvalue weighted by atomic mass is 15.1. The second kappa shape index (κ2) is 9.90. The van der Waals surface area contributed by atoms with E-state index < -0.39 is 0 Å². The van der Waals surface area contributed by atoms with Crippen LogP contribution in [0.4, 0.5) is 28.7 Å². The topological polar surface area (TPSA) is 75.9 Å². The lowest BCUT2D eigenvalue weighted by atomic mass is 10.2. The highest BCUT2D eigenvalue weighted by molar-refractivity contribution is 5.65. The van der Waals surface area contributed by atoms with Crippen molar-refractivity contribution >= 4 is 28.7 Å². The predicted molar refractivity (Wildman–Crippen MR) is 122 cm³/mol. The zero-order chi connectivity index (χ0) is 20.5. The number of hydrogen-bond acceptors (Lipinski definition) is 5. The molecule has 0 atom stereocenters. The Morgan fingerprint density at radius 2 is 1.24 bits per heavy atom. The zero-order valence-corrected chi connectivity index (χ0v) is 16.6. The van der Waals surface area contributed by atoms with Crippen molar-refractivity contribution in [3.8, 4) is 0 Å². The first-order chi connectivity index (χ1) is 14.1. The monoisotopic (exact) mass is 383 g/mol. The second-order valence-corrected chi connectivity index (χ2v) is 6.68. The molecule has 1 heterocycles. The minimum atomic E-state index is 0.704. The number of nitrogens with two attached hydrogens (primary N) is 1. The van der Waals surface area contributed by atoms with Crippen LogP contribution in [0.1, 0.15) is 11.1 Å². The average Bonchev–Trinajstić information content (AvgIpc) is 2.71. The smallest absolute Gasteiger partial charge is 0.135 e. The Morgan fingerprint density at radius 3 is 1.83 bits per heavy atom. The first kappa shape index (κ1) is 19.9. The molecule has 5 nitrogen and oxygen atoms in total. The zero-order valence-electron chi connectivity index (χ0n) is 16.6. The molecule has 0 aliphatic rings. The van der Waals surface area contributed by atoms with Gasteiger partial charge in [-0.3, -0.25) is 0 Å². The van der Waals surface area contributed by atoms with Crippen LogP contribution < -0.4 is 16.4 Å².